The molecular weight excluding hydrogens is 419 g/mol. The minimum absolute atomic E-state index is 0.0862. The zero-order valence-corrected chi connectivity index (χ0v) is 16.8. The molecule has 1 heterocycles. The summed E-state index contributed by atoms with van der Waals surface area (Å²) in [5, 5.41) is 15.7. The Bertz CT molecular complexity index is 1240. The van der Waals surface area contributed by atoms with Crippen LogP contribution in [0.4, 0.5) is 4.39 Å². The van der Waals surface area contributed by atoms with Gasteiger partial charge >= 0.3 is 5.97 Å². The number of hydrogen-bond donors (Lipinski definition) is 2. The van der Waals surface area contributed by atoms with Crippen LogP contribution < -0.4 is 5.14 Å². The van der Waals surface area contributed by atoms with Crippen LogP contribution in [-0.4, -0.2) is 24.1 Å². The van der Waals surface area contributed by atoms with E-state index >= 15 is 0 Å². The van der Waals surface area contributed by atoms with Gasteiger partial charge in [-0.3, -0.25) is 4.79 Å². The molecule has 3 N–H and O–H groups in total. The molecule has 29 heavy (non-hydrogen) atoms. The van der Waals surface area contributed by atoms with E-state index < -0.39 is 21.8 Å². The topological polar surface area (TPSA) is 102 Å². The summed E-state index contributed by atoms with van der Waals surface area (Å²) in [7, 11) is -4.20. The van der Waals surface area contributed by atoms with Crippen molar-refractivity contribution in [2.24, 2.45) is 5.14 Å². The molecule has 0 saturated carbocycles. The third-order valence-electron chi connectivity index (χ3n) is 5.35. The summed E-state index contributed by atoms with van der Waals surface area (Å²) >= 11 is 5.96. The maximum Gasteiger partial charge on any atom is 0.304 e. The molecule has 9 heteroatoms. The van der Waals surface area contributed by atoms with Crippen molar-refractivity contribution >= 4 is 38.5 Å². The lowest BCUT2D eigenvalue weighted by molar-refractivity contribution is -0.137. The molecular formula is C20H18ClFN2O4S. The van der Waals surface area contributed by atoms with Crippen LogP contribution in [0.3, 0.4) is 0 Å². The van der Waals surface area contributed by atoms with Crippen LogP contribution in [0.25, 0.3) is 10.9 Å². The SMILES string of the molecule is NS(=O)(=O)c1cc(F)cc2c3c(n(Cc4ccc(Cl)cc4)c12)[C@@H](CC(=O)O)CC3. The summed E-state index contributed by atoms with van der Waals surface area (Å²) in [6.07, 6.45) is 1.07. The van der Waals surface area contributed by atoms with Gasteiger partial charge < -0.3 is 9.67 Å². The summed E-state index contributed by atoms with van der Waals surface area (Å²) in [6, 6.07) is 9.26. The second-order valence-corrected chi connectivity index (χ2v) is 9.22. The number of nitrogens with zero attached hydrogens (tertiary/aromatic N) is 1. The van der Waals surface area contributed by atoms with E-state index in [0.717, 1.165) is 22.9 Å². The van der Waals surface area contributed by atoms with E-state index in [2.05, 4.69) is 0 Å². The normalized spacial score (nSPS) is 16.3. The van der Waals surface area contributed by atoms with Gasteiger partial charge in [0.15, 0.2) is 0 Å². The minimum Gasteiger partial charge on any atom is -0.481 e. The first kappa shape index (κ1) is 19.9. The number of rotatable bonds is 5. The number of aromatic nitrogens is 1. The van der Waals surface area contributed by atoms with Gasteiger partial charge in [-0.1, -0.05) is 23.7 Å². The molecule has 0 bridgehead atoms. The zero-order valence-electron chi connectivity index (χ0n) is 15.2. The third-order valence-corrected chi connectivity index (χ3v) is 6.52. The van der Waals surface area contributed by atoms with Gasteiger partial charge in [0.1, 0.15) is 10.7 Å². The van der Waals surface area contributed by atoms with E-state index in [0.29, 0.717) is 28.8 Å². The van der Waals surface area contributed by atoms with Crippen LogP contribution in [0.15, 0.2) is 41.3 Å². The predicted octanol–water partition coefficient (Wildman–Crippen LogP) is 3.63. The molecule has 4 rings (SSSR count). The fraction of sp³-hybridized carbons (Fsp3) is 0.250. The number of nitrogens with two attached hydrogens (primary N) is 1. The summed E-state index contributed by atoms with van der Waals surface area (Å²) in [5.74, 6) is -1.93. The van der Waals surface area contributed by atoms with Crippen LogP contribution in [-0.2, 0) is 27.8 Å². The van der Waals surface area contributed by atoms with Gasteiger partial charge in [-0.25, -0.2) is 17.9 Å². The fourth-order valence-electron chi connectivity index (χ4n) is 4.25. The molecule has 0 fully saturated rings. The average Bonchev–Trinajstić information content (AvgIpc) is 3.15. The second-order valence-electron chi connectivity index (χ2n) is 7.25. The van der Waals surface area contributed by atoms with Crippen molar-refractivity contribution in [1.82, 2.24) is 4.57 Å². The average molecular weight is 437 g/mol. The molecule has 0 aliphatic heterocycles. The lowest BCUT2D eigenvalue weighted by Crippen LogP contribution is -2.16. The van der Waals surface area contributed by atoms with Crippen LogP contribution in [0, 0.1) is 5.82 Å². The first-order chi connectivity index (χ1) is 13.6. The number of halogens is 2. The lowest BCUT2D eigenvalue weighted by Gasteiger charge is -2.17. The molecule has 0 saturated heterocycles. The van der Waals surface area contributed by atoms with Crippen LogP contribution in [0.5, 0.6) is 0 Å². The number of benzene rings is 2. The van der Waals surface area contributed by atoms with Crippen molar-refractivity contribution in [1.29, 1.82) is 0 Å². The quantitative estimate of drug-likeness (QED) is 0.637. The Balaban J connectivity index is 2.02. The van der Waals surface area contributed by atoms with Gasteiger partial charge in [-0.05, 0) is 48.2 Å². The van der Waals surface area contributed by atoms with E-state index in [1.165, 1.54) is 6.07 Å². The van der Waals surface area contributed by atoms with Gasteiger partial charge in [-0.2, -0.15) is 0 Å². The van der Waals surface area contributed by atoms with E-state index in [1.54, 1.807) is 16.7 Å². The Morgan fingerprint density at radius 1 is 1.28 bits per heavy atom. The highest BCUT2D eigenvalue weighted by molar-refractivity contribution is 7.89. The Kier molecular flexibility index (Phi) is 4.88. The van der Waals surface area contributed by atoms with Crippen molar-refractivity contribution in [3.8, 4) is 0 Å². The van der Waals surface area contributed by atoms with Crippen molar-refractivity contribution < 1.29 is 22.7 Å². The minimum atomic E-state index is -4.20. The first-order valence-corrected chi connectivity index (χ1v) is 10.9. The van der Waals surface area contributed by atoms with Crippen molar-refractivity contribution in [2.75, 3.05) is 0 Å². The molecule has 152 valence electrons. The van der Waals surface area contributed by atoms with Gasteiger partial charge in [-0.15, -0.1) is 0 Å². The maximum absolute atomic E-state index is 14.2. The lowest BCUT2D eigenvalue weighted by atomic mass is 10.0. The summed E-state index contributed by atoms with van der Waals surface area (Å²) in [4.78, 5) is 11.1. The van der Waals surface area contributed by atoms with Gasteiger partial charge in [0.2, 0.25) is 10.0 Å². The number of primary sulfonamides is 1. The Hall–Kier alpha value is -2.42. The van der Waals surface area contributed by atoms with Crippen LogP contribution in [0.1, 0.15) is 35.6 Å². The molecule has 0 radical (unpaired) electrons. The van der Waals surface area contributed by atoms with Crippen LogP contribution >= 0.6 is 11.6 Å². The molecule has 1 atom stereocenters. The highest BCUT2D eigenvalue weighted by atomic mass is 35.5. The summed E-state index contributed by atoms with van der Waals surface area (Å²) in [6.45, 7) is 0.285. The van der Waals surface area contributed by atoms with Gasteiger partial charge in [0.05, 0.1) is 11.9 Å². The van der Waals surface area contributed by atoms with Crippen molar-refractivity contribution in [2.45, 2.75) is 36.6 Å². The highest BCUT2D eigenvalue weighted by Crippen LogP contribution is 2.44. The molecule has 3 aromatic rings. The molecule has 1 aliphatic carbocycles. The monoisotopic (exact) mass is 436 g/mol. The van der Waals surface area contributed by atoms with Crippen LogP contribution in [0.2, 0.25) is 5.02 Å². The zero-order chi connectivity index (χ0) is 20.9. The third kappa shape index (κ3) is 3.63. The molecule has 0 amide bonds. The number of sulfonamides is 1. The Morgan fingerprint density at radius 3 is 2.59 bits per heavy atom. The molecule has 6 nitrogen and oxygen atoms in total. The van der Waals surface area contributed by atoms with Gasteiger partial charge in [0.25, 0.3) is 0 Å². The number of aryl methyl sites for hydroxylation is 1. The van der Waals surface area contributed by atoms with E-state index in [-0.39, 0.29) is 23.8 Å². The van der Waals surface area contributed by atoms with E-state index in [9.17, 15) is 22.7 Å². The standard InChI is InChI=1S/C20H18ClFN2O4S/c21-13-4-1-11(2-5-13)10-24-19-12(7-18(25)26)3-6-15(19)16-8-14(22)9-17(20(16)24)29(23,27)28/h1-2,4-5,8-9,12H,3,6-7,10H2,(H,25,26)(H2,23,27,28)/t12-/m1/s1. The maximum atomic E-state index is 14.2. The number of carboxylic acid groups (broad SMARTS) is 1. The first-order valence-electron chi connectivity index (χ1n) is 8.98. The number of carbonyl (C=O) groups is 1. The second kappa shape index (κ2) is 7.12. The number of aliphatic carboxylic acids is 1. The number of fused-ring (bicyclic) bond motifs is 3. The Labute approximate surface area is 171 Å². The highest BCUT2D eigenvalue weighted by Gasteiger charge is 2.33. The smallest absolute Gasteiger partial charge is 0.304 e. The number of carboxylic acids is 1. The van der Waals surface area contributed by atoms with E-state index in [4.69, 9.17) is 16.7 Å². The molecule has 1 aromatic heterocycles. The summed E-state index contributed by atoms with van der Waals surface area (Å²) < 4.78 is 40.5. The van der Waals surface area contributed by atoms with Gasteiger partial charge in [0, 0.05) is 28.6 Å². The molecule has 1 aliphatic rings. The van der Waals surface area contributed by atoms with Crippen molar-refractivity contribution in [3.05, 3.63) is 64.1 Å². The van der Waals surface area contributed by atoms with E-state index in [1.807, 2.05) is 12.1 Å². The largest absolute Gasteiger partial charge is 0.481 e. The predicted molar refractivity (Wildman–Crippen MR) is 107 cm³/mol. The molecule has 2 aromatic carbocycles. The Morgan fingerprint density at radius 2 is 1.97 bits per heavy atom. The van der Waals surface area contributed by atoms with Crippen molar-refractivity contribution in [3.63, 3.8) is 0 Å². The summed E-state index contributed by atoms with van der Waals surface area (Å²) in [5.41, 5.74) is 2.67. The molecule has 0 spiro atoms. The fourth-order valence-corrected chi connectivity index (χ4v) is 5.14. The molecule has 0 unspecified atom stereocenters. The number of hydrogen-bond acceptors (Lipinski definition) is 3.